The van der Waals surface area contributed by atoms with Crippen molar-refractivity contribution < 1.29 is 9.59 Å². The van der Waals surface area contributed by atoms with Crippen LogP contribution in [0, 0.1) is 11.3 Å². The molecule has 5 rings (SSSR count). The molecule has 1 aliphatic heterocycles. The maximum absolute atomic E-state index is 13.5. The number of amides is 2. The molecule has 0 spiro atoms. The molecule has 0 atom stereocenters. The van der Waals surface area contributed by atoms with E-state index in [9.17, 15) is 14.9 Å². The first kappa shape index (κ1) is 18.2. The number of anilines is 1. The second-order valence-corrected chi connectivity index (χ2v) is 7.52. The van der Waals surface area contributed by atoms with Crippen LogP contribution in [-0.2, 0) is 0 Å². The summed E-state index contributed by atoms with van der Waals surface area (Å²) in [5.74, 6) is -0.773. The normalized spacial score (nSPS) is 13.0. The fourth-order valence-corrected chi connectivity index (χ4v) is 4.31. The summed E-state index contributed by atoms with van der Waals surface area (Å²) in [6.07, 6.45) is 1.80. The van der Waals surface area contributed by atoms with Gasteiger partial charge in [0.2, 0.25) is 0 Å². The summed E-state index contributed by atoms with van der Waals surface area (Å²) in [4.78, 5) is 28.1. The largest absolute Gasteiger partial charge is 0.268 e. The van der Waals surface area contributed by atoms with Crippen LogP contribution < -0.4 is 4.90 Å². The van der Waals surface area contributed by atoms with Crippen molar-refractivity contribution in [3.05, 3.63) is 83.4 Å². The monoisotopic (exact) mass is 410 g/mol. The van der Waals surface area contributed by atoms with Gasteiger partial charge >= 0.3 is 0 Å². The quantitative estimate of drug-likeness (QED) is 0.369. The van der Waals surface area contributed by atoms with Gasteiger partial charge in [0.05, 0.1) is 5.69 Å². The van der Waals surface area contributed by atoms with Crippen LogP contribution in [0.5, 0.6) is 0 Å². The average molecular weight is 410 g/mol. The number of imide groups is 1. The number of carbonyl (C=O) groups excluding carboxylic acids is 2. The highest BCUT2D eigenvalue weighted by atomic mass is 32.2. The van der Waals surface area contributed by atoms with Crippen molar-refractivity contribution in [3.8, 4) is 11.8 Å². The molecule has 0 saturated carbocycles. The average Bonchev–Trinajstić information content (AvgIpc) is 3.16. The molecule has 0 radical (unpaired) electrons. The van der Waals surface area contributed by atoms with Crippen LogP contribution in [0.1, 0.15) is 26.3 Å². The first-order chi connectivity index (χ1) is 14.7. The van der Waals surface area contributed by atoms with E-state index in [0.717, 1.165) is 10.3 Å². The molecule has 0 saturated heterocycles. The van der Waals surface area contributed by atoms with Crippen LogP contribution in [0.4, 0.5) is 5.82 Å². The van der Waals surface area contributed by atoms with Gasteiger partial charge in [0.15, 0.2) is 5.82 Å². The molecule has 7 heteroatoms. The van der Waals surface area contributed by atoms with Gasteiger partial charge in [-0.15, -0.1) is 11.8 Å². The summed E-state index contributed by atoms with van der Waals surface area (Å²) < 4.78 is 1.49. The number of para-hydroxylation sites is 1. The minimum Gasteiger partial charge on any atom is -0.268 e. The molecule has 30 heavy (non-hydrogen) atoms. The third kappa shape index (κ3) is 2.48. The molecule has 1 aromatic heterocycles. The Morgan fingerprint density at radius 2 is 1.53 bits per heavy atom. The van der Waals surface area contributed by atoms with E-state index >= 15 is 0 Å². The maximum atomic E-state index is 13.5. The van der Waals surface area contributed by atoms with E-state index in [1.54, 1.807) is 30.5 Å². The predicted molar refractivity (Wildman–Crippen MR) is 115 cm³/mol. The van der Waals surface area contributed by atoms with E-state index in [4.69, 9.17) is 0 Å². The number of hydrogen-bond acceptors (Lipinski definition) is 5. The highest BCUT2D eigenvalue weighted by Crippen LogP contribution is 2.37. The molecule has 0 bridgehead atoms. The van der Waals surface area contributed by atoms with Crippen LogP contribution >= 0.6 is 11.8 Å². The van der Waals surface area contributed by atoms with Crippen LogP contribution in [-0.4, -0.2) is 27.9 Å². The number of rotatable bonds is 3. The zero-order valence-corrected chi connectivity index (χ0v) is 16.7. The Bertz CT molecular complexity index is 1340. The second kappa shape index (κ2) is 6.87. The van der Waals surface area contributed by atoms with Crippen molar-refractivity contribution in [2.45, 2.75) is 5.03 Å². The van der Waals surface area contributed by atoms with Crippen molar-refractivity contribution in [2.24, 2.45) is 0 Å². The fraction of sp³-hybridized carbons (Fsp3) is 0.0435. The Labute approximate surface area is 176 Å². The first-order valence-electron chi connectivity index (χ1n) is 9.18. The smallest absolute Gasteiger partial charge is 0.267 e. The Morgan fingerprint density at radius 3 is 2.10 bits per heavy atom. The lowest BCUT2D eigenvalue weighted by Crippen LogP contribution is -2.42. The highest BCUT2D eigenvalue weighted by molar-refractivity contribution is 7.98. The molecule has 0 aliphatic carbocycles. The molecule has 1 aliphatic rings. The van der Waals surface area contributed by atoms with Gasteiger partial charge in [-0.3, -0.25) is 9.59 Å². The summed E-state index contributed by atoms with van der Waals surface area (Å²) >= 11 is 1.29. The molecule has 144 valence electrons. The lowest BCUT2D eigenvalue weighted by molar-refractivity contribution is 0.0891. The van der Waals surface area contributed by atoms with Crippen molar-refractivity contribution in [1.82, 2.24) is 9.78 Å². The summed E-state index contributed by atoms with van der Waals surface area (Å²) in [5.41, 5.74) is 1.71. The lowest BCUT2D eigenvalue weighted by Gasteiger charge is -2.27. The number of aromatic nitrogens is 2. The summed E-state index contributed by atoms with van der Waals surface area (Å²) in [6.45, 7) is 0. The number of nitrogens with zero attached hydrogens (tertiary/aromatic N) is 4. The number of hydrogen-bond donors (Lipinski definition) is 0. The SMILES string of the molecule is CSc1nn(-c2ccccc2)c(N2C(=O)c3cccc4cccc(c34)C2=O)c1C#N. The van der Waals surface area contributed by atoms with Gasteiger partial charge in [-0.1, -0.05) is 42.5 Å². The Balaban J connectivity index is 1.82. The van der Waals surface area contributed by atoms with Crippen LogP contribution in [0.3, 0.4) is 0 Å². The third-order valence-electron chi connectivity index (χ3n) is 5.12. The molecule has 2 amide bonds. The second-order valence-electron chi connectivity index (χ2n) is 6.72. The first-order valence-corrected chi connectivity index (χ1v) is 10.4. The van der Waals surface area contributed by atoms with E-state index in [0.29, 0.717) is 27.2 Å². The molecular weight excluding hydrogens is 396 g/mol. The zero-order valence-electron chi connectivity index (χ0n) is 15.9. The van der Waals surface area contributed by atoms with E-state index in [2.05, 4.69) is 11.2 Å². The number of benzene rings is 3. The number of carbonyl (C=O) groups is 2. The van der Waals surface area contributed by atoms with Crippen LogP contribution in [0.15, 0.2) is 71.8 Å². The van der Waals surface area contributed by atoms with E-state index < -0.39 is 11.8 Å². The maximum Gasteiger partial charge on any atom is 0.267 e. The van der Waals surface area contributed by atoms with E-state index in [1.807, 2.05) is 42.5 Å². The number of thioether (sulfide) groups is 1. The van der Waals surface area contributed by atoms with Gasteiger partial charge in [0.1, 0.15) is 16.7 Å². The lowest BCUT2D eigenvalue weighted by atomic mass is 9.94. The van der Waals surface area contributed by atoms with Gasteiger partial charge in [-0.25, -0.2) is 9.58 Å². The van der Waals surface area contributed by atoms with Crippen molar-refractivity contribution in [1.29, 1.82) is 5.26 Å². The van der Waals surface area contributed by atoms with Gasteiger partial charge in [-0.05, 0) is 35.9 Å². The summed E-state index contributed by atoms with van der Waals surface area (Å²) in [7, 11) is 0. The number of nitriles is 1. The van der Waals surface area contributed by atoms with Gasteiger partial charge in [0.25, 0.3) is 11.8 Å². The minimum absolute atomic E-state index is 0.162. The van der Waals surface area contributed by atoms with Gasteiger partial charge < -0.3 is 0 Å². The molecule has 0 N–H and O–H groups in total. The standard InChI is InChI=1S/C23H14N4O2S/c1-30-20-18(13-24)21(27(25-20)15-9-3-2-4-10-15)26-22(28)16-11-5-7-14-8-6-12-17(19(14)16)23(26)29/h2-12H,1H3. The fourth-order valence-electron chi connectivity index (χ4n) is 3.81. The van der Waals surface area contributed by atoms with Crippen molar-refractivity contribution >= 4 is 40.2 Å². The van der Waals surface area contributed by atoms with Crippen LogP contribution in [0.2, 0.25) is 0 Å². The molecular formula is C23H14N4O2S. The minimum atomic E-state index is -0.467. The molecule has 3 aromatic carbocycles. The summed E-state index contributed by atoms with van der Waals surface area (Å²) in [6, 6.07) is 22.1. The van der Waals surface area contributed by atoms with Gasteiger partial charge in [-0.2, -0.15) is 10.4 Å². The van der Waals surface area contributed by atoms with Gasteiger partial charge in [0, 0.05) is 16.5 Å². The Morgan fingerprint density at radius 1 is 0.900 bits per heavy atom. The molecule has 0 fully saturated rings. The van der Waals surface area contributed by atoms with E-state index in [1.165, 1.54) is 16.4 Å². The highest BCUT2D eigenvalue weighted by Gasteiger charge is 2.38. The zero-order chi connectivity index (χ0) is 20.8. The Hall–Kier alpha value is -3.89. The molecule has 2 heterocycles. The van der Waals surface area contributed by atoms with Crippen LogP contribution in [0.25, 0.3) is 16.5 Å². The van der Waals surface area contributed by atoms with Crippen molar-refractivity contribution in [3.63, 3.8) is 0 Å². The molecule has 0 unspecified atom stereocenters. The van der Waals surface area contributed by atoms with Crippen molar-refractivity contribution in [2.75, 3.05) is 11.2 Å². The third-order valence-corrected chi connectivity index (χ3v) is 5.79. The Kier molecular flexibility index (Phi) is 4.16. The summed E-state index contributed by atoms with van der Waals surface area (Å²) in [5, 5.41) is 16.3. The van der Waals surface area contributed by atoms with E-state index in [-0.39, 0.29) is 11.4 Å². The topological polar surface area (TPSA) is 79.0 Å². The predicted octanol–water partition coefficient (Wildman–Crippen LogP) is 4.42. The molecule has 6 nitrogen and oxygen atoms in total. The molecule has 4 aromatic rings.